The third-order valence-corrected chi connectivity index (χ3v) is 3.28. The first-order valence-electron chi connectivity index (χ1n) is 5.63. The van der Waals surface area contributed by atoms with Crippen molar-refractivity contribution in [3.05, 3.63) is 63.9 Å². The summed E-state index contributed by atoms with van der Waals surface area (Å²) < 4.78 is 41.6. The van der Waals surface area contributed by atoms with Crippen molar-refractivity contribution in [2.75, 3.05) is 0 Å². The summed E-state index contributed by atoms with van der Waals surface area (Å²) in [6.45, 7) is 0.994. The standard InChI is InChI=1S/C14H9BrF3NO/c1-14(18,12-5-2-8(15)7-19-12)13(20)10-4-3-9(16)6-11(10)17/h2-7H,1H3. The van der Waals surface area contributed by atoms with Gasteiger partial charge >= 0.3 is 0 Å². The zero-order valence-corrected chi connectivity index (χ0v) is 11.9. The third-order valence-electron chi connectivity index (χ3n) is 2.81. The van der Waals surface area contributed by atoms with Crippen LogP contribution >= 0.6 is 15.9 Å². The summed E-state index contributed by atoms with van der Waals surface area (Å²) in [6.07, 6.45) is 1.33. The first-order valence-corrected chi connectivity index (χ1v) is 6.42. The first kappa shape index (κ1) is 14.7. The third kappa shape index (κ3) is 2.75. The van der Waals surface area contributed by atoms with Gasteiger partial charge in [-0.05, 0) is 47.1 Å². The van der Waals surface area contributed by atoms with Gasteiger partial charge in [0.05, 0.1) is 11.3 Å². The van der Waals surface area contributed by atoms with E-state index in [0.29, 0.717) is 10.5 Å². The van der Waals surface area contributed by atoms with E-state index in [1.165, 1.54) is 18.3 Å². The van der Waals surface area contributed by atoms with E-state index in [0.717, 1.165) is 19.1 Å². The number of carbonyl (C=O) groups excluding carboxylic acids is 1. The van der Waals surface area contributed by atoms with Gasteiger partial charge in [-0.1, -0.05) is 0 Å². The minimum Gasteiger partial charge on any atom is -0.290 e. The Morgan fingerprint density at radius 2 is 1.95 bits per heavy atom. The summed E-state index contributed by atoms with van der Waals surface area (Å²) in [4.78, 5) is 15.9. The number of benzene rings is 1. The molecule has 1 unspecified atom stereocenters. The van der Waals surface area contributed by atoms with Crippen LogP contribution in [0.25, 0.3) is 0 Å². The van der Waals surface area contributed by atoms with Gasteiger partial charge in [-0.25, -0.2) is 13.2 Å². The lowest BCUT2D eigenvalue weighted by Crippen LogP contribution is -2.29. The van der Waals surface area contributed by atoms with E-state index in [1.807, 2.05) is 0 Å². The van der Waals surface area contributed by atoms with Crippen LogP contribution in [0.2, 0.25) is 0 Å². The Morgan fingerprint density at radius 3 is 2.50 bits per heavy atom. The number of hydrogen-bond donors (Lipinski definition) is 0. The molecular formula is C14H9BrF3NO. The summed E-state index contributed by atoms with van der Waals surface area (Å²) in [5.41, 5.74) is -3.16. The average Bonchev–Trinajstić information content (AvgIpc) is 2.38. The fraction of sp³-hybridized carbons (Fsp3) is 0.143. The smallest absolute Gasteiger partial charge is 0.212 e. The number of hydrogen-bond acceptors (Lipinski definition) is 2. The van der Waals surface area contributed by atoms with Crippen LogP contribution in [0, 0.1) is 11.6 Å². The zero-order chi connectivity index (χ0) is 14.9. The maximum Gasteiger partial charge on any atom is 0.212 e. The molecule has 20 heavy (non-hydrogen) atoms. The molecule has 2 aromatic rings. The van der Waals surface area contributed by atoms with Crippen LogP contribution in [0.3, 0.4) is 0 Å². The van der Waals surface area contributed by atoms with Crippen LogP contribution in [-0.2, 0) is 5.67 Å². The largest absolute Gasteiger partial charge is 0.290 e. The fourth-order valence-corrected chi connectivity index (χ4v) is 1.93. The molecule has 1 aromatic carbocycles. The van der Waals surface area contributed by atoms with Crippen molar-refractivity contribution in [1.82, 2.24) is 4.98 Å². The van der Waals surface area contributed by atoms with E-state index < -0.39 is 28.6 Å². The normalized spacial score (nSPS) is 13.8. The van der Waals surface area contributed by atoms with Gasteiger partial charge in [-0.2, -0.15) is 0 Å². The maximum absolute atomic E-state index is 14.6. The highest BCUT2D eigenvalue weighted by molar-refractivity contribution is 9.10. The van der Waals surface area contributed by atoms with Gasteiger partial charge in [0.25, 0.3) is 0 Å². The molecule has 0 aliphatic rings. The molecule has 1 aromatic heterocycles. The Kier molecular flexibility index (Phi) is 3.94. The summed E-state index contributed by atoms with van der Waals surface area (Å²) in [5, 5.41) is 0. The van der Waals surface area contributed by atoms with Gasteiger partial charge in [0.1, 0.15) is 11.6 Å². The van der Waals surface area contributed by atoms with Crippen LogP contribution in [0.4, 0.5) is 13.2 Å². The summed E-state index contributed by atoms with van der Waals surface area (Å²) in [7, 11) is 0. The van der Waals surface area contributed by atoms with Gasteiger partial charge in [0, 0.05) is 16.7 Å². The van der Waals surface area contributed by atoms with Crippen molar-refractivity contribution < 1.29 is 18.0 Å². The van der Waals surface area contributed by atoms with Gasteiger partial charge in [-0.3, -0.25) is 9.78 Å². The quantitative estimate of drug-likeness (QED) is 0.782. The number of rotatable bonds is 3. The second-order valence-electron chi connectivity index (χ2n) is 4.32. The van der Waals surface area contributed by atoms with Crippen molar-refractivity contribution >= 4 is 21.7 Å². The van der Waals surface area contributed by atoms with E-state index in [2.05, 4.69) is 20.9 Å². The van der Waals surface area contributed by atoms with Gasteiger partial charge in [0.2, 0.25) is 11.5 Å². The molecule has 0 radical (unpaired) electrons. The number of ketones is 1. The highest BCUT2D eigenvalue weighted by Crippen LogP contribution is 2.30. The summed E-state index contributed by atoms with van der Waals surface area (Å²) in [5.74, 6) is -3.04. The van der Waals surface area contributed by atoms with Crippen molar-refractivity contribution in [1.29, 1.82) is 0 Å². The van der Waals surface area contributed by atoms with E-state index in [9.17, 15) is 18.0 Å². The molecule has 2 rings (SSSR count). The molecule has 6 heteroatoms. The molecule has 0 aliphatic heterocycles. The Hall–Kier alpha value is -1.69. The van der Waals surface area contributed by atoms with E-state index in [1.54, 1.807) is 0 Å². The first-order chi connectivity index (χ1) is 9.32. The second-order valence-corrected chi connectivity index (χ2v) is 5.23. The molecule has 1 heterocycles. The lowest BCUT2D eigenvalue weighted by Gasteiger charge is -2.18. The maximum atomic E-state index is 14.6. The minimum atomic E-state index is -2.50. The molecule has 2 nitrogen and oxygen atoms in total. The fourth-order valence-electron chi connectivity index (χ4n) is 1.70. The summed E-state index contributed by atoms with van der Waals surface area (Å²) >= 11 is 3.14. The van der Waals surface area contributed by atoms with Crippen molar-refractivity contribution in [3.63, 3.8) is 0 Å². The van der Waals surface area contributed by atoms with Crippen molar-refractivity contribution in [2.45, 2.75) is 12.6 Å². The van der Waals surface area contributed by atoms with Crippen molar-refractivity contribution in [3.8, 4) is 0 Å². The van der Waals surface area contributed by atoms with Crippen molar-refractivity contribution in [2.24, 2.45) is 0 Å². The van der Waals surface area contributed by atoms with Gasteiger partial charge < -0.3 is 0 Å². The molecule has 0 amide bonds. The Balaban J connectivity index is 2.42. The number of halogens is 4. The highest BCUT2D eigenvalue weighted by atomic mass is 79.9. The van der Waals surface area contributed by atoms with Crippen LogP contribution in [0.1, 0.15) is 23.0 Å². The SMILES string of the molecule is CC(F)(C(=O)c1ccc(F)cc1F)c1ccc(Br)cn1. The number of carbonyl (C=O) groups is 1. The molecule has 0 spiro atoms. The Labute approximate surface area is 121 Å². The van der Waals surface area contributed by atoms with Gasteiger partial charge in [0.15, 0.2) is 0 Å². The predicted molar refractivity (Wildman–Crippen MR) is 71.1 cm³/mol. The molecular weight excluding hydrogens is 335 g/mol. The van der Waals surface area contributed by atoms with Crippen LogP contribution in [0.5, 0.6) is 0 Å². The van der Waals surface area contributed by atoms with Crippen LogP contribution in [-0.4, -0.2) is 10.8 Å². The molecule has 0 fully saturated rings. The lowest BCUT2D eigenvalue weighted by atomic mass is 9.92. The number of alkyl halides is 1. The minimum absolute atomic E-state index is 0.144. The lowest BCUT2D eigenvalue weighted by molar-refractivity contribution is 0.0706. The molecule has 0 saturated heterocycles. The predicted octanol–water partition coefficient (Wildman–Crippen LogP) is 4.19. The van der Waals surface area contributed by atoms with E-state index >= 15 is 0 Å². The molecule has 0 bridgehead atoms. The van der Waals surface area contributed by atoms with Gasteiger partial charge in [-0.15, -0.1) is 0 Å². The van der Waals surface area contributed by atoms with Crippen LogP contribution < -0.4 is 0 Å². The Bertz CT molecular complexity index is 656. The molecule has 1 atom stereocenters. The molecule has 104 valence electrons. The average molecular weight is 344 g/mol. The van der Waals surface area contributed by atoms with E-state index in [-0.39, 0.29) is 5.69 Å². The highest BCUT2D eigenvalue weighted by Gasteiger charge is 2.38. The molecule has 0 N–H and O–H groups in total. The number of nitrogens with zero attached hydrogens (tertiary/aromatic N) is 1. The van der Waals surface area contributed by atoms with Crippen LogP contribution in [0.15, 0.2) is 41.0 Å². The number of Topliss-reactive ketones (excluding diaryl/α,β-unsaturated/α-hetero) is 1. The zero-order valence-electron chi connectivity index (χ0n) is 10.3. The molecule has 0 saturated carbocycles. The summed E-state index contributed by atoms with van der Waals surface area (Å²) in [6, 6.07) is 5.21. The monoisotopic (exact) mass is 343 g/mol. The number of aromatic nitrogens is 1. The number of pyridine rings is 1. The Morgan fingerprint density at radius 1 is 1.25 bits per heavy atom. The van der Waals surface area contributed by atoms with E-state index in [4.69, 9.17) is 0 Å². The molecule has 0 aliphatic carbocycles. The second kappa shape index (κ2) is 5.36. The topological polar surface area (TPSA) is 30.0 Å².